The van der Waals surface area contributed by atoms with Crippen molar-refractivity contribution in [2.24, 2.45) is 0 Å². The summed E-state index contributed by atoms with van der Waals surface area (Å²) >= 11 is 11.7. The molecule has 148 valence electrons. The van der Waals surface area contributed by atoms with Crippen LogP contribution in [0, 0.1) is 0 Å². The second-order valence-electron chi connectivity index (χ2n) is 6.94. The number of fused-ring (bicyclic) bond motifs is 1. The Hall–Kier alpha value is -2.15. The monoisotopic (exact) mass is 419 g/mol. The van der Waals surface area contributed by atoms with E-state index in [1.54, 1.807) is 13.2 Å². The van der Waals surface area contributed by atoms with Crippen molar-refractivity contribution in [1.29, 1.82) is 0 Å². The highest BCUT2D eigenvalue weighted by Gasteiger charge is 2.33. The molecule has 2 N–H and O–H groups in total. The quantitative estimate of drug-likeness (QED) is 0.651. The number of rotatable bonds is 5. The van der Waals surface area contributed by atoms with E-state index in [1.165, 1.54) is 0 Å². The molecule has 28 heavy (non-hydrogen) atoms. The van der Waals surface area contributed by atoms with Crippen LogP contribution in [0.25, 0.3) is 0 Å². The Morgan fingerprint density at radius 3 is 2.71 bits per heavy atom. The summed E-state index contributed by atoms with van der Waals surface area (Å²) in [4.78, 5) is 11.7. The Labute approximate surface area is 174 Å². The third-order valence-corrected chi connectivity index (χ3v) is 5.29. The zero-order valence-electron chi connectivity index (χ0n) is 15.9. The molecular formula is C21H22ClNO4S. The molecule has 7 heteroatoms. The summed E-state index contributed by atoms with van der Waals surface area (Å²) in [5.41, 5.74) is 3.46. The number of methoxy groups -OCH3 is 1. The molecular weight excluding hydrogens is 398 g/mol. The molecule has 0 aliphatic carbocycles. The molecule has 0 spiro atoms. The van der Waals surface area contributed by atoms with Crippen molar-refractivity contribution >= 4 is 40.5 Å². The first-order valence-corrected chi connectivity index (χ1v) is 9.74. The first-order chi connectivity index (χ1) is 13.3. The van der Waals surface area contributed by atoms with Crippen LogP contribution in [0.15, 0.2) is 36.4 Å². The zero-order chi connectivity index (χ0) is 20.4. The highest BCUT2D eigenvalue weighted by molar-refractivity contribution is 7.80. The Morgan fingerprint density at radius 2 is 2.07 bits per heavy atom. The van der Waals surface area contributed by atoms with Gasteiger partial charge in [-0.2, -0.15) is 0 Å². The lowest BCUT2D eigenvalue weighted by molar-refractivity contribution is -0.139. The molecule has 2 aromatic rings. The fourth-order valence-electron chi connectivity index (χ4n) is 3.50. The molecule has 3 rings (SSSR count). The number of carboxylic acids is 1. The lowest BCUT2D eigenvalue weighted by Crippen LogP contribution is -2.30. The van der Waals surface area contributed by atoms with Crippen LogP contribution in [0.4, 0.5) is 5.69 Å². The molecule has 0 bridgehead atoms. The lowest BCUT2D eigenvalue weighted by Gasteiger charge is -2.26. The fraction of sp³-hybridized carbons (Fsp3) is 0.333. The number of carbonyl (C=O) groups is 1. The molecule has 1 aliphatic rings. The number of thiocarbonyl (C=S) groups is 1. The standard InChI is InChI=1S/C21H22ClNO4S/c1-11(2)19-13(5-4-6-16(19)26-3)20-14-9-12(22)7-8-15(14)23-21(28)17(27-20)10-18(24)25/h4-9,11,17,20H,10H2,1-3H3,(H,23,28)(H,24,25)/t17-,20-/m0/s1. The molecule has 0 saturated carbocycles. The Bertz CT molecular complexity index is 915. The summed E-state index contributed by atoms with van der Waals surface area (Å²) in [6.45, 7) is 4.16. The predicted molar refractivity (Wildman–Crippen MR) is 114 cm³/mol. The van der Waals surface area contributed by atoms with Gasteiger partial charge in [0.1, 0.15) is 22.9 Å². The third-order valence-electron chi connectivity index (χ3n) is 4.69. The number of anilines is 1. The van der Waals surface area contributed by atoms with E-state index in [9.17, 15) is 9.90 Å². The van der Waals surface area contributed by atoms with E-state index < -0.39 is 18.2 Å². The average molecular weight is 420 g/mol. The predicted octanol–water partition coefficient (Wildman–Crippen LogP) is 5.17. The largest absolute Gasteiger partial charge is 0.496 e. The Morgan fingerprint density at radius 1 is 1.32 bits per heavy atom. The summed E-state index contributed by atoms with van der Waals surface area (Å²) in [6, 6.07) is 11.2. The molecule has 5 nitrogen and oxygen atoms in total. The fourth-order valence-corrected chi connectivity index (χ4v) is 3.93. The summed E-state index contributed by atoms with van der Waals surface area (Å²) in [5, 5.41) is 13.0. The van der Waals surface area contributed by atoms with Crippen molar-refractivity contribution in [3.63, 3.8) is 0 Å². The zero-order valence-corrected chi connectivity index (χ0v) is 17.4. The number of hydrogen-bond donors (Lipinski definition) is 2. The molecule has 0 amide bonds. The SMILES string of the molecule is COc1cccc([C@@H]2O[C@@H](CC(=O)O)C(=S)Nc3ccc(Cl)cc32)c1C(C)C. The van der Waals surface area contributed by atoms with Crippen molar-refractivity contribution in [2.45, 2.75) is 38.4 Å². The molecule has 2 aromatic carbocycles. The van der Waals surface area contributed by atoms with Gasteiger partial charge in [-0.05, 0) is 35.7 Å². The Kier molecular flexibility index (Phi) is 6.23. The number of halogens is 1. The van der Waals surface area contributed by atoms with Crippen LogP contribution in [0.3, 0.4) is 0 Å². The molecule has 0 unspecified atom stereocenters. The number of hydrogen-bond acceptors (Lipinski definition) is 4. The van der Waals surface area contributed by atoms with Crippen LogP contribution in [0.2, 0.25) is 5.02 Å². The minimum atomic E-state index is -0.980. The minimum Gasteiger partial charge on any atom is -0.496 e. The summed E-state index contributed by atoms with van der Waals surface area (Å²) < 4.78 is 11.9. The Balaban J connectivity index is 2.21. The van der Waals surface area contributed by atoms with Gasteiger partial charge in [0, 0.05) is 21.8 Å². The topological polar surface area (TPSA) is 67.8 Å². The van der Waals surface area contributed by atoms with Crippen molar-refractivity contribution in [3.8, 4) is 5.75 Å². The van der Waals surface area contributed by atoms with E-state index >= 15 is 0 Å². The summed E-state index contributed by atoms with van der Waals surface area (Å²) in [7, 11) is 1.63. The van der Waals surface area contributed by atoms with E-state index in [-0.39, 0.29) is 12.3 Å². The number of carboxylic acid groups (broad SMARTS) is 1. The van der Waals surface area contributed by atoms with E-state index in [4.69, 9.17) is 33.3 Å². The highest BCUT2D eigenvalue weighted by atomic mass is 35.5. The third kappa shape index (κ3) is 4.14. The van der Waals surface area contributed by atoms with E-state index in [1.807, 2.05) is 30.3 Å². The van der Waals surface area contributed by atoms with Gasteiger partial charge < -0.3 is 19.9 Å². The highest BCUT2D eigenvalue weighted by Crippen LogP contribution is 2.42. The van der Waals surface area contributed by atoms with Crippen molar-refractivity contribution in [2.75, 3.05) is 12.4 Å². The van der Waals surface area contributed by atoms with Crippen LogP contribution < -0.4 is 10.1 Å². The van der Waals surface area contributed by atoms with Crippen LogP contribution in [0.1, 0.15) is 49.0 Å². The van der Waals surface area contributed by atoms with Gasteiger partial charge in [0.15, 0.2) is 0 Å². The summed E-state index contributed by atoms with van der Waals surface area (Å²) in [5.74, 6) is -0.0562. The minimum absolute atomic E-state index is 0.165. The maximum absolute atomic E-state index is 11.4. The maximum Gasteiger partial charge on any atom is 0.306 e. The van der Waals surface area contributed by atoms with Crippen molar-refractivity contribution in [1.82, 2.24) is 0 Å². The van der Waals surface area contributed by atoms with E-state index in [0.29, 0.717) is 10.0 Å². The van der Waals surface area contributed by atoms with Crippen LogP contribution >= 0.6 is 23.8 Å². The second kappa shape index (κ2) is 8.47. The van der Waals surface area contributed by atoms with Gasteiger partial charge in [-0.1, -0.05) is 49.8 Å². The molecule has 1 aliphatic heterocycles. The first kappa shape index (κ1) is 20.6. The molecule has 0 saturated heterocycles. The number of ether oxygens (including phenoxy) is 2. The lowest BCUT2D eigenvalue weighted by atomic mass is 9.89. The van der Waals surface area contributed by atoms with Crippen LogP contribution in [-0.4, -0.2) is 29.3 Å². The van der Waals surface area contributed by atoms with Crippen molar-refractivity contribution < 1.29 is 19.4 Å². The van der Waals surface area contributed by atoms with Gasteiger partial charge >= 0.3 is 5.97 Å². The summed E-state index contributed by atoms with van der Waals surface area (Å²) in [6.07, 6.45) is -1.54. The van der Waals surface area contributed by atoms with Gasteiger partial charge in [0.25, 0.3) is 0 Å². The first-order valence-electron chi connectivity index (χ1n) is 8.96. The number of nitrogens with one attached hydrogen (secondary N) is 1. The van der Waals surface area contributed by atoms with Gasteiger partial charge in [-0.3, -0.25) is 4.79 Å². The number of benzene rings is 2. The smallest absolute Gasteiger partial charge is 0.306 e. The van der Waals surface area contributed by atoms with E-state index in [0.717, 1.165) is 28.1 Å². The van der Waals surface area contributed by atoms with Crippen LogP contribution in [-0.2, 0) is 9.53 Å². The van der Waals surface area contributed by atoms with Gasteiger partial charge in [-0.15, -0.1) is 0 Å². The molecule has 0 radical (unpaired) electrons. The average Bonchev–Trinajstić information content (AvgIpc) is 2.77. The van der Waals surface area contributed by atoms with Crippen molar-refractivity contribution in [3.05, 3.63) is 58.1 Å². The van der Waals surface area contributed by atoms with Gasteiger partial charge in [0.2, 0.25) is 0 Å². The molecule has 1 heterocycles. The molecule has 0 fully saturated rings. The molecule has 2 atom stereocenters. The maximum atomic E-state index is 11.4. The second-order valence-corrected chi connectivity index (χ2v) is 7.82. The van der Waals surface area contributed by atoms with E-state index in [2.05, 4.69) is 19.2 Å². The molecule has 0 aromatic heterocycles. The van der Waals surface area contributed by atoms with Gasteiger partial charge in [0.05, 0.1) is 13.5 Å². The number of aliphatic carboxylic acids is 1. The van der Waals surface area contributed by atoms with Gasteiger partial charge in [-0.25, -0.2) is 0 Å². The normalized spacial score (nSPS) is 19.0. The van der Waals surface area contributed by atoms with Crippen LogP contribution in [0.5, 0.6) is 5.75 Å².